The van der Waals surface area contributed by atoms with Crippen molar-refractivity contribution >= 4 is 46.6 Å². The van der Waals surface area contributed by atoms with Crippen LogP contribution in [-0.4, -0.2) is 6.04 Å². The minimum absolute atomic E-state index is 0.414. The molecule has 0 radical (unpaired) electrons. The molecule has 1 N–H and O–H groups in total. The summed E-state index contributed by atoms with van der Waals surface area (Å²) in [6.45, 7) is 5.00. The SMILES string of the molecule is CC(C)NCc1cccc(Cl)c1Sc1cc(Cl)ccc1Cl. The minimum atomic E-state index is 0.414. The van der Waals surface area contributed by atoms with Gasteiger partial charge in [0.2, 0.25) is 0 Å². The molecule has 2 aromatic rings. The summed E-state index contributed by atoms with van der Waals surface area (Å²) in [5.41, 5.74) is 1.15. The van der Waals surface area contributed by atoms with Crippen LogP contribution in [0.25, 0.3) is 0 Å². The molecule has 2 aromatic carbocycles. The Balaban J connectivity index is 2.32. The molecule has 0 aliphatic carbocycles. The van der Waals surface area contributed by atoms with Crippen molar-refractivity contribution in [3.63, 3.8) is 0 Å². The maximum atomic E-state index is 6.36. The van der Waals surface area contributed by atoms with Gasteiger partial charge in [0.15, 0.2) is 0 Å². The van der Waals surface area contributed by atoms with Gasteiger partial charge in [0.25, 0.3) is 0 Å². The van der Waals surface area contributed by atoms with Gasteiger partial charge in [-0.2, -0.15) is 0 Å². The highest BCUT2D eigenvalue weighted by molar-refractivity contribution is 7.99. The molecule has 0 bridgehead atoms. The maximum Gasteiger partial charge on any atom is 0.0548 e. The summed E-state index contributed by atoms with van der Waals surface area (Å²) in [7, 11) is 0. The highest BCUT2D eigenvalue weighted by Gasteiger charge is 2.12. The van der Waals surface area contributed by atoms with Gasteiger partial charge < -0.3 is 5.32 Å². The third-order valence-electron chi connectivity index (χ3n) is 2.85. The van der Waals surface area contributed by atoms with Crippen molar-refractivity contribution in [1.82, 2.24) is 5.32 Å². The van der Waals surface area contributed by atoms with Crippen molar-refractivity contribution in [3.8, 4) is 0 Å². The fourth-order valence-corrected chi connectivity index (χ4v) is 3.57. The first-order valence-electron chi connectivity index (χ1n) is 6.61. The van der Waals surface area contributed by atoms with Crippen LogP contribution in [0.2, 0.25) is 15.1 Å². The van der Waals surface area contributed by atoms with Crippen LogP contribution in [-0.2, 0) is 6.54 Å². The number of rotatable bonds is 5. The van der Waals surface area contributed by atoms with Gasteiger partial charge in [0.05, 0.1) is 10.0 Å². The maximum absolute atomic E-state index is 6.36. The summed E-state index contributed by atoms with van der Waals surface area (Å²) in [5, 5.41) is 5.47. The van der Waals surface area contributed by atoms with Gasteiger partial charge in [-0.3, -0.25) is 0 Å². The zero-order chi connectivity index (χ0) is 15.4. The van der Waals surface area contributed by atoms with Gasteiger partial charge in [-0.15, -0.1) is 0 Å². The van der Waals surface area contributed by atoms with Crippen LogP contribution in [0.5, 0.6) is 0 Å². The van der Waals surface area contributed by atoms with Crippen molar-refractivity contribution in [3.05, 3.63) is 57.0 Å². The van der Waals surface area contributed by atoms with Crippen molar-refractivity contribution in [2.45, 2.75) is 36.2 Å². The van der Waals surface area contributed by atoms with E-state index in [9.17, 15) is 0 Å². The highest BCUT2D eigenvalue weighted by Crippen LogP contribution is 2.40. The van der Waals surface area contributed by atoms with Gasteiger partial charge in [-0.25, -0.2) is 0 Å². The first-order valence-corrected chi connectivity index (χ1v) is 8.56. The lowest BCUT2D eigenvalue weighted by atomic mass is 10.2. The van der Waals surface area contributed by atoms with Crippen molar-refractivity contribution in [2.24, 2.45) is 0 Å². The zero-order valence-corrected chi connectivity index (χ0v) is 14.9. The van der Waals surface area contributed by atoms with E-state index in [-0.39, 0.29) is 0 Å². The summed E-state index contributed by atoms with van der Waals surface area (Å²) in [6.07, 6.45) is 0. The topological polar surface area (TPSA) is 12.0 Å². The summed E-state index contributed by atoms with van der Waals surface area (Å²) in [6, 6.07) is 11.8. The summed E-state index contributed by atoms with van der Waals surface area (Å²) in [5.74, 6) is 0. The smallest absolute Gasteiger partial charge is 0.0548 e. The number of benzene rings is 2. The fourth-order valence-electron chi connectivity index (χ4n) is 1.79. The summed E-state index contributed by atoms with van der Waals surface area (Å²) >= 11 is 20.2. The van der Waals surface area contributed by atoms with Gasteiger partial charge in [0, 0.05) is 27.4 Å². The van der Waals surface area contributed by atoms with Crippen LogP contribution in [0.4, 0.5) is 0 Å². The largest absolute Gasteiger partial charge is 0.310 e. The second-order valence-electron chi connectivity index (χ2n) is 4.94. The molecule has 0 fully saturated rings. The first kappa shape index (κ1) is 17.0. The molecule has 0 saturated carbocycles. The molecule has 0 aliphatic heterocycles. The molecule has 1 nitrogen and oxygen atoms in total. The Morgan fingerprint density at radius 1 is 1.05 bits per heavy atom. The molecule has 5 heteroatoms. The van der Waals surface area contributed by atoms with Crippen LogP contribution in [0, 0.1) is 0 Å². The van der Waals surface area contributed by atoms with E-state index >= 15 is 0 Å². The molecular formula is C16H16Cl3NS. The second kappa shape index (κ2) is 7.75. The Labute approximate surface area is 145 Å². The van der Waals surface area contributed by atoms with Gasteiger partial charge in [-0.05, 0) is 29.8 Å². The quantitative estimate of drug-likeness (QED) is 0.672. The molecule has 112 valence electrons. The molecule has 21 heavy (non-hydrogen) atoms. The minimum Gasteiger partial charge on any atom is -0.310 e. The highest BCUT2D eigenvalue weighted by atomic mass is 35.5. The van der Waals surface area contributed by atoms with E-state index in [1.54, 1.807) is 23.9 Å². The Hall–Kier alpha value is -0.380. The summed E-state index contributed by atoms with van der Waals surface area (Å²) < 4.78 is 0. The van der Waals surface area contributed by atoms with Crippen LogP contribution in [0.15, 0.2) is 46.2 Å². The number of hydrogen-bond acceptors (Lipinski definition) is 2. The molecule has 0 aromatic heterocycles. The fraction of sp³-hybridized carbons (Fsp3) is 0.250. The van der Waals surface area contributed by atoms with Crippen molar-refractivity contribution in [1.29, 1.82) is 0 Å². The lowest BCUT2D eigenvalue weighted by Gasteiger charge is -2.14. The van der Waals surface area contributed by atoms with Gasteiger partial charge in [0.1, 0.15) is 0 Å². The zero-order valence-electron chi connectivity index (χ0n) is 11.8. The Kier molecular flexibility index (Phi) is 6.27. The molecule has 0 amide bonds. The van der Waals surface area contributed by atoms with E-state index in [1.165, 1.54) is 0 Å². The van der Waals surface area contributed by atoms with Crippen LogP contribution in [0.1, 0.15) is 19.4 Å². The van der Waals surface area contributed by atoms with Crippen LogP contribution < -0.4 is 5.32 Å². The third kappa shape index (κ3) is 4.80. The van der Waals surface area contributed by atoms with Crippen molar-refractivity contribution < 1.29 is 0 Å². The molecular weight excluding hydrogens is 345 g/mol. The molecule has 0 heterocycles. The predicted octanol–water partition coefficient (Wildman–Crippen LogP) is 6.30. The van der Waals surface area contributed by atoms with Crippen molar-refractivity contribution in [2.75, 3.05) is 0 Å². The standard InChI is InChI=1S/C16H16Cl3NS/c1-10(2)20-9-11-4-3-5-14(19)16(11)21-15-8-12(17)6-7-13(15)18/h3-8,10,20H,9H2,1-2H3. The number of hydrogen-bond donors (Lipinski definition) is 1. The van der Waals surface area contributed by atoms with E-state index in [4.69, 9.17) is 34.8 Å². The second-order valence-corrected chi connectivity index (χ2v) is 7.24. The molecule has 0 unspecified atom stereocenters. The predicted molar refractivity (Wildman–Crippen MR) is 94.0 cm³/mol. The average molecular weight is 361 g/mol. The van der Waals surface area contributed by atoms with Crippen LogP contribution in [0.3, 0.4) is 0 Å². The lowest BCUT2D eigenvalue weighted by molar-refractivity contribution is 0.585. The lowest BCUT2D eigenvalue weighted by Crippen LogP contribution is -2.22. The summed E-state index contributed by atoms with van der Waals surface area (Å²) in [4.78, 5) is 1.92. The monoisotopic (exact) mass is 359 g/mol. The molecule has 0 atom stereocenters. The van der Waals surface area contributed by atoms with Gasteiger partial charge in [-0.1, -0.05) is 72.5 Å². The van der Waals surface area contributed by atoms with Gasteiger partial charge >= 0.3 is 0 Å². The van der Waals surface area contributed by atoms with E-state index in [1.807, 2.05) is 18.2 Å². The number of halogens is 3. The average Bonchev–Trinajstić information content (AvgIpc) is 2.43. The Morgan fingerprint density at radius 3 is 2.52 bits per heavy atom. The van der Waals surface area contributed by atoms with Crippen LogP contribution >= 0.6 is 46.6 Å². The molecule has 0 saturated heterocycles. The molecule has 0 spiro atoms. The van der Waals surface area contributed by atoms with E-state index in [0.717, 1.165) is 26.9 Å². The van der Waals surface area contributed by atoms with E-state index in [0.29, 0.717) is 16.1 Å². The first-order chi connectivity index (χ1) is 9.97. The molecule has 0 aliphatic rings. The number of nitrogens with one attached hydrogen (secondary N) is 1. The Morgan fingerprint density at radius 2 is 1.81 bits per heavy atom. The van der Waals surface area contributed by atoms with E-state index < -0.39 is 0 Å². The third-order valence-corrected chi connectivity index (χ3v) is 5.20. The van der Waals surface area contributed by atoms with E-state index in [2.05, 4.69) is 25.2 Å². The molecule has 2 rings (SSSR count). The normalized spacial score (nSPS) is 11.1. The Bertz CT molecular complexity index is 629.